The van der Waals surface area contributed by atoms with Gasteiger partial charge in [-0.05, 0) is 76.4 Å². The van der Waals surface area contributed by atoms with Crippen LogP contribution in [0.25, 0.3) is 53.5 Å². The van der Waals surface area contributed by atoms with Gasteiger partial charge in [-0.15, -0.1) is 22.7 Å². The maximum atomic E-state index is 5.20. The second-order valence-corrected chi connectivity index (χ2v) is 12.3. The monoisotopic (exact) mass is 477 g/mol. The van der Waals surface area contributed by atoms with E-state index in [0.717, 1.165) is 10.5 Å². The smallest absolute Gasteiger partial charge is 0.124 e. The Bertz CT molecular complexity index is 1710. The highest BCUT2D eigenvalue weighted by Crippen LogP contribution is 2.44. The van der Waals surface area contributed by atoms with Gasteiger partial charge in [-0.3, -0.25) is 0 Å². The highest BCUT2D eigenvalue weighted by atomic mass is 32.1. The minimum Gasteiger partial charge on any atom is -0.237 e. The molecule has 0 atom stereocenters. The molecule has 0 fully saturated rings. The zero-order chi connectivity index (χ0) is 23.6. The molecule has 168 valence electrons. The third-order valence-corrected chi connectivity index (χ3v) is 8.81. The van der Waals surface area contributed by atoms with Crippen molar-refractivity contribution < 1.29 is 0 Å². The summed E-state index contributed by atoms with van der Waals surface area (Å²) in [6, 6.07) is 24.5. The molecule has 0 amide bonds. The van der Waals surface area contributed by atoms with Crippen LogP contribution in [-0.4, -0.2) is 4.98 Å². The molecule has 0 aliphatic heterocycles. The Morgan fingerprint density at radius 3 is 2.35 bits per heavy atom. The van der Waals surface area contributed by atoms with E-state index in [4.69, 9.17) is 4.98 Å². The number of pyridine rings is 1. The van der Waals surface area contributed by atoms with Gasteiger partial charge in [0, 0.05) is 31.5 Å². The van der Waals surface area contributed by atoms with Crippen LogP contribution in [0.4, 0.5) is 0 Å². The number of rotatable bonds is 2. The van der Waals surface area contributed by atoms with Crippen molar-refractivity contribution in [2.24, 2.45) is 0 Å². The third kappa shape index (κ3) is 3.38. The van der Waals surface area contributed by atoms with Crippen LogP contribution in [0.2, 0.25) is 0 Å². The fourth-order valence-electron chi connectivity index (χ4n) is 5.12. The summed E-state index contributed by atoms with van der Waals surface area (Å²) in [5, 5.41) is 7.47. The van der Waals surface area contributed by atoms with Crippen LogP contribution >= 0.6 is 22.7 Å². The first kappa shape index (κ1) is 21.5. The lowest BCUT2D eigenvalue weighted by Crippen LogP contribution is -2.12. The maximum absolute atomic E-state index is 5.20. The van der Waals surface area contributed by atoms with Crippen LogP contribution in [0.5, 0.6) is 0 Å². The third-order valence-electron chi connectivity index (χ3n) is 6.73. The largest absolute Gasteiger partial charge is 0.237 e. The molecule has 0 spiro atoms. The highest BCUT2D eigenvalue weighted by molar-refractivity contribution is 7.19. The molecule has 0 radical (unpaired) electrons. The van der Waals surface area contributed by atoms with Crippen molar-refractivity contribution in [2.75, 3.05) is 0 Å². The van der Waals surface area contributed by atoms with E-state index in [1.54, 1.807) is 11.3 Å². The van der Waals surface area contributed by atoms with E-state index >= 15 is 0 Å². The Balaban J connectivity index is 1.68. The van der Waals surface area contributed by atoms with Gasteiger partial charge in [0.05, 0.1) is 5.69 Å². The zero-order valence-electron chi connectivity index (χ0n) is 20.2. The van der Waals surface area contributed by atoms with Gasteiger partial charge in [0.25, 0.3) is 0 Å². The van der Waals surface area contributed by atoms with E-state index in [1.165, 1.54) is 58.9 Å². The summed E-state index contributed by atoms with van der Waals surface area (Å²) in [5.74, 6) is 0. The minimum atomic E-state index is 0.0439. The molecule has 3 aromatic heterocycles. The first-order chi connectivity index (χ1) is 16.3. The molecular weight excluding hydrogens is 450 g/mol. The van der Waals surface area contributed by atoms with Crippen molar-refractivity contribution in [1.82, 2.24) is 4.98 Å². The lowest BCUT2D eigenvalue weighted by Gasteiger charge is -2.23. The first-order valence-corrected chi connectivity index (χ1v) is 13.4. The summed E-state index contributed by atoms with van der Waals surface area (Å²) in [4.78, 5) is 7.67. The van der Waals surface area contributed by atoms with Crippen LogP contribution in [0, 0.1) is 13.8 Å². The summed E-state index contributed by atoms with van der Waals surface area (Å²) in [6.45, 7) is 11.3. The molecule has 3 aromatic carbocycles. The molecule has 0 aliphatic carbocycles. The molecule has 6 rings (SSSR count). The molecule has 0 bridgehead atoms. The Hall–Kier alpha value is -3.01. The van der Waals surface area contributed by atoms with Crippen molar-refractivity contribution in [2.45, 2.75) is 40.0 Å². The lowest BCUT2D eigenvalue weighted by molar-refractivity contribution is 0.596. The van der Waals surface area contributed by atoms with E-state index in [9.17, 15) is 0 Å². The van der Waals surface area contributed by atoms with Crippen LogP contribution in [0.3, 0.4) is 0 Å². The van der Waals surface area contributed by atoms with Gasteiger partial charge in [0.15, 0.2) is 0 Å². The summed E-state index contributed by atoms with van der Waals surface area (Å²) >= 11 is 3.63. The van der Waals surface area contributed by atoms with E-state index in [1.807, 2.05) is 11.3 Å². The first-order valence-electron chi connectivity index (χ1n) is 11.7. The van der Waals surface area contributed by atoms with Crippen LogP contribution in [0.1, 0.15) is 36.8 Å². The minimum absolute atomic E-state index is 0.0439. The van der Waals surface area contributed by atoms with Gasteiger partial charge >= 0.3 is 0 Å². The lowest BCUT2D eigenvalue weighted by atomic mass is 9.82. The summed E-state index contributed by atoms with van der Waals surface area (Å²) in [6.07, 6.45) is 0. The van der Waals surface area contributed by atoms with E-state index < -0.39 is 0 Å². The number of aryl methyl sites for hydroxylation is 2. The van der Waals surface area contributed by atoms with Crippen molar-refractivity contribution in [3.05, 3.63) is 88.1 Å². The van der Waals surface area contributed by atoms with Crippen molar-refractivity contribution in [3.63, 3.8) is 0 Å². The summed E-state index contributed by atoms with van der Waals surface area (Å²) in [5.41, 5.74) is 7.61. The van der Waals surface area contributed by atoms with Crippen LogP contribution in [0.15, 0.2) is 72.1 Å². The van der Waals surface area contributed by atoms with E-state index in [-0.39, 0.29) is 5.41 Å². The molecule has 0 aliphatic rings. The molecule has 0 saturated carbocycles. The normalized spacial score (nSPS) is 12.3. The number of hydrogen-bond acceptors (Lipinski definition) is 3. The molecule has 34 heavy (non-hydrogen) atoms. The maximum Gasteiger partial charge on any atom is 0.124 e. The van der Waals surface area contributed by atoms with E-state index in [2.05, 4.69) is 107 Å². The van der Waals surface area contributed by atoms with Gasteiger partial charge in [-0.2, -0.15) is 0 Å². The fraction of sp³-hybridized carbons (Fsp3) is 0.194. The topological polar surface area (TPSA) is 12.9 Å². The number of nitrogens with zero attached hydrogens (tertiary/aromatic N) is 1. The fourth-order valence-corrected chi connectivity index (χ4v) is 7.14. The van der Waals surface area contributed by atoms with Crippen LogP contribution in [-0.2, 0) is 5.41 Å². The zero-order valence-corrected chi connectivity index (χ0v) is 21.8. The van der Waals surface area contributed by atoms with Gasteiger partial charge in [-0.1, -0.05) is 63.2 Å². The molecule has 3 heterocycles. The number of benzene rings is 3. The van der Waals surface area contributed by atoms with Gasteiger partial charge in [-0.25, -0.2) is 4.98 Å². The van der Waals surface area contributed by atoms with Crippen molar-refractivity contribution >= 4 is 53.7 Å². The number of aromatic nitrogens is 1. The Morgan fingerprint density at radius 1 is 0.824 bits per heavy atom. The van der Waals surface area contributed by atoms with Gasteiger partial charge in [0.2, 0.25) is 0 Å². The molecule has 0 N–H and O–H groups in total. The summed E-state index contributed by atoms with van der Waals surface area (Å²) in [7, 11) is 0. The Labute approximate surface area is 208 Å². The molecule has 6 aromatic rings. The van der Waals surface area contributed by atoms with Crippen molar-refractivity contribution in [1.29, 1.82) is 0 Å². The van der Waals surface area contributed by atoms with E-state index in [0.29, 0.717) is 0 Å². The Morgan fingerprint density at radius 2 is 1.56 bits per heavy atom. The average molecular weight is 478 g/mol. The quantitative estimate of drug-likeness (QED) is 0.242. The molecular formula is C31H27NS2. The standard InChI is InChI=1S/C31H27NS2/c1-18-17-33-30-28(18)24(29-19(2)34-27-13-9-8-12-23(27)29)16-26(32-30)21-14-20-10-6-7-11-22(20)25(15-21)31(3,4)5/h6-17H,1-5H3. The SMILES string of the molecule is Cc1sc2ccccc2c1-c1cc(-c2cc(C(C)(C)C)c3ccccc3c2)nc2scc(C)c12. The van der Waals surface area contributed by atoms with Gasteiger partial charge in [0.1, 0.15) is 4.83 Å². The average Bonchev–Trinajstić information content (AvgIpc) is 3.36. The predicted octanol–water partition coefficient (Wildman–Crippen LogP) is 9.91. The van der Waals surface area contributed by atoms with Gasteiger partial charge < -0.3 is 0 Å². The number of fused-ring (bicyclic) bond motifs is 3. The Kier molecular flexibility index (Phi) is 4.91. The molecule has 0 saturated heterocycles. The highest BCUT2D eigenvalue weighted by Gasteiger charge is 2.21. The molecule has 3 heteroatoms. The summed E-state index contributed by atoms with van der Waals surface area (Å²) < 4.78 is 1.34. The van der Waals surface area contributed by atoms with Crippen molar-refractivity contribution in [3.8, 4) is 22.4 Å². The second-order valence-electron chi connectivity index (χ2n) is 10.2. The number of hydrogen-bond donors (Lipinski definition) is 0. The molecule has 0 unspecified atom stereocenters. The molecule has 1 nitrogen and oxygen atoms in total. The second kappa shape index (κ2) is 7.76. The number of thiophene rings is 2. The van der Waals surface area contributed by atoms with Crippen LogP contribution < -0.4 is 0 Å². The predicted molar refractivity (Wildman–Crippen MR) is 152 cm³/mol.